The van der Waals surface area contributed by atoms with Gasteiger partial charge in [0.1, 0.15) is 23.1 Å². The van der Waals surface area contributed by atoms with Crippen LogP contribution >= 0.6 is 0 Å². The Balaban J connectivity index is 1.69. The van der Waals surface area contributed by atoms with Crippen molar-refractivity contribution in [2.24, 2.45) is 14.1 Å². The monoisotopic (exact) mass is 448 g/mol. The third-order valence-electron chi connectivity index (χ3n) is 4.64. The number of nitrogens with one attached hydrogen (secondary N) is 1. The third-order valence-corrected chi connectivity index (χ3v) is 4.64. The van der Waals surface area contributed by atoms with E-state index in [2.05, 4.69) is 30.5 Å². The highest BCUT2D eigenvalue weighted by Gasteiger charge is 2.38. The Kier molecular flexibility index (Phi) is 5.32. The van der Waals surface area contributed by atoms with Gasteiger partial charge in [-0.1, -0.05) is 0 Å². The Morgan fingerprint density at radius 2 is 1.91 bits per heavy atom. The number of hydrogen-bond acceptors (Lipinski definition) is 8. The molecule has 0 saturated carbocycles. The van der Waals surface area contributed by atoms with Gasteiger partial charge in [-0.25, -0.2) is 9.97 Å². The molecule has 1 atom stereocenters. The first-order valence-corrected chi connectivity index (χ1v) is 9.40. The maximum atomic E-state index is 13.0. The molecule has 0 amide bonds. The van der Waals surface area contributed by atoms with Crippen LogP contribution in [0.5, 0.6) is 11.6 Å². The van der Waals surface area contributed by atoms with E-state index in [-0.39, 0.29) is 11.6 Å². The molecule has 4 aromatic rings. The minimum atomic E-state index is -4.51. The molecule has 0 aliphatic carbocycles. The van der Waals surface area contributed by atoms with Gasteiger partial charge >= 0.3 is 6.18 Å². The molecular formula is C19H19F3N8O2. The molecule has 0 aliphatic heterocycles. The Labute approximate surface area is 180 Å². The van der Waals surface area contributed by atoms with Crippen molar-refractivity contribution in [2.45, 2.75) is 19.2 Å². The summed E-state index contributed by atoms with van der Waals surface area (Å²) in [6.07, 6.45) is -3.56. The smallest absolute Gasteiger partial charge is 0.425 e. The number of anilines is 2. The molecule has 168 valence electrons. The van der Waals surface area contributed by atoms with Crippen molar-refractivity contribution >= 4 is 22.7 Å². The van der Waals surface area contributed by atoms with E-state index in [0.717, 1.165) is 6.92 Å². The molecule has 4 rings (SSSR count). The van der Waals surface area contributed by atoms with Crippen LogP contribution in [0.15, 0.2) is 30.6 Å². The normalized spacial score (nSPS) is 12.7. The van der Waals surface area contributed by atoms with E-state index in [0.29, 0.717) is 34.2 Å². The van der Waals surface area contributed by atoms with Gasteiger partial charge in [-0.2, -0.15) is 28.4 Å². The lowest BCUT2D eigenvalue weighted by Crippen LogP contribution is -2.31. The van der Waals surface area contributed by atoms with Crippen LogP contribution in [0.25, 0.3) is 22.6 Å². The molecule has 0 aromatic carbocycles. The zero-order chi connectivity index (χ0) is 23.0. The van der Waals surface area contributed by atoms with Crippen LogP contribution in [0, 0.1) is 0 Å². The lowest BCUT2D eigenvalue weighted by Gasteiger charge is -2.18. The van der Waals surface area contributed by atoms with Gasteiger partial charge < -0.3 is 14.8 Å². The molecule has 0 radical (unpaired) electrons. The van der Waals surface area contributed by atoms with Gasteiger partial charge in [0.15, 0.2) is 17.6 Å². The van der Waals surface area contributed by atoms with E-state index in [4.69, 9.17) is 9.47 Å². The van der Waals surface area contributed by atoms with Gasteiger partial charge in [-0.05, 0) is 6.92 Å². The van der Waals surface area contributed by atoms with E-state index in [1.165, 1.54) is 28.7 Å². The van der Waals surface area contributed by atoms with Crippen LogP contribution in [0.3, 0.4) is 0 Å². The SMILES string of the molecule is COc1ccnc(-c2cc(Nc3cc(O[C@H](C)C(F)(F)F)c4cnn(C)c4n3)n(C)n2)n1. The molecule has 0 fully saturated rings. The molecule has 0 bridgehead atoms. The predicted octanol–water partition coefficient (Wildman–Crippen LogP) is 3.24. The number of nitrogens with zero attached hydrogens (tertiary/aromatic N) is 7. The van der Waals surface area contributed by atoms with Crippen molar-refractivity contribution in [3.8, 4) is 23.1 Å². The Hall–Kier alpha value is -3.90. The van der Waals surface area contributed by atoms with E-state index in [1.54, 1.807) is 32.4 Å². The van der Waals surface area contributed by atoms with Crippen LogP contribution in [-0.4, -0.2) is 53.9 Å². The number of ether oxygens (including phenoxy) is 2. The fourth-order valence-electron chi connectivity index (χ4n) is 2.91. The minimum Gasteiger partial charge on any atom is -0.481 e. The lowest BCUT2D eigenvalue weighted by atomic mass is 10.3. The van der Waals surface area contributed by atoms with Crippen molar-refractivity contribution < 1.29 is 22.6 Å². The van der Waals surface area contributed by atoms with Gasteiger partial charge in [0.25, 0.3) is 0 Å². The quantitative estimate of drug-likeness (QED) is 0.479. The highest BCUT2D eigenvalue weighted by atomic mass is 19.4. The van der Waals surface area contributed by atoms with Gasteiger partial charge in [0.05, 0.1) is 18.7 Å². The van der Waals surface area contributed by atoms with E-state index < -0.39 is 12.3 Å². The molecule has 0 saturated heterocycles. The van der Waals surface area contributed by atoms with Crippen LogP contribution in [0.2, 0.25) is 0 Å². The summed E-state index contributed by atoms with van der Waals surface area (Å²) in [5, 5.41) is 11.9. The van der Waals surface area contributed by atoms with Crippen molar-refractivity contribution in [2.75, 3.05) is 12.4 Å². The first kappa shape index (κ1) is 21.3. The van der Waals surface area contributed by atoms with Gasteiger partial charge in [0.2, 0.25) is 5.88 Å². The van der Waals surface area contributed by atoms with E-state index >= 15 is 0 Å². The standard InChI is InChI=1S/C19H19F3N8O2/c1-10(19(20,21)22)32-13-8-14(26-18-11(13)9-24-30(18)3)25-15-7-12(28-29(15)2)17-23-6-5-16(27-17)31-4/h5-10H,1-4H3,(H,25,26)/t10-/m1/s1. The first-order chi connectivity index (χ1) is 15.2. The number of alkyl halides is 3. The van der Waals surface area contributed by atoms with E-state index in [1.807, 2.05) is 0 Å². The Morgan fingerprint density at radius 3 is 2.62 bits per heavy atom. The fourth-order valence-corrected chi connectivity index (χ4v) is 2.91. The van der Waals surface area contributed by atoms with Gasteiger partial charge in [-0.15, -0.1) is 0 Å². The number of fused-ring (bicyclic) bond motifs is 1. The summed E-state index contributed by atoms with van der Waals surface area (Å²) in [5.41, 5.74) is 0.829. The summed E-state index contributed by atoms with van der Waals surface area (Å²) < 4.78 is 52.4. The second kappa shape index (κ2) is 7.98. The summed E-state index contributed by atoms with van der Waals surface area (Å²) in [6, 6.07) is 4.69. The number of halogens is 3. The molecule has 4 aromatic heterocycles. The van der Waals surface area contributed by atoms with Crippen LogP contribution in [-0.2, 0) is 14.1 Å². The number of pyridine rings is 1. The van der Waals surface area contributed by atoms with Crippen molar-refractivity contribution in [3.63, 3.8) is 0 Å². The highest BCUT2D eigenvalue weighted by Crippen LogP contribution is 2.33. The second-order valence-corrected chi connectivity index (χ2v) is 6.90. The zero-order valence-corrected chi connectivity index (χ0v) is 17.5. The Bertz CT molecular complexity index is 1270. The van der Waals surface area contributed by atoms with E-state index in [9.17, 15) is 13.2 Å². The average Bonchev–Trinajstić information content (AvgIpc) is 3.30. The first-order valence-electron chi connectivity index (χ1n) is 9.40. The van der Waals surface area contributed by atoms with Crippen LogP contribution < -0.4 is 14.8 Å². The third kappa shape index (κ3) is 4.13. The number of hydrogen-bond donors (Lipinski definition) is 1. The largest absolute Gasteiger partial charge is 0.481 e. The number of rotatable bonds is 6. The molecule has 10 nitrogen and oxygen atoms in total. The minimum absolute atomic E-state index is 0.00828. The second-order valence-electron chi connectivity index (χ2n) is 6.90. The molecule has 1 N–H and O–H groups in total. The van der Waals surface area contributed by atoms with Crippen molar-refractivity contribution in [3.05, 3.63) is 30.6 Å². The van der Waals surface area contributed by atoms with Gasteiger partial charge in [-0.3, -0.25) is 9.36 Å². The maximum absolute atomic E-state index is 13.0. The topological polar surface area (TPSA) is 105 Å². The van der Waals surface area contributed by atoms with Crippen molar-refractivity contribution in [1.82, 2.24) is 34.5 Å². The number of aromatic nitrogens is 7. The molecule has 13 heteroatoms. The molecule has 0 aliphatic rings. The van der Waals surface area contributed by atoms with Gasteiger partial charge in [0, 0.05) is 38.5 Å². The summed E-state index contributed by atoms with van der Waals surface area (Å²) in [6.45, 7) is 0.942. The molecule has 4 heterocycles. The molecule has 0 unspecified atom stereocenters. The highest BCUT2D eigenvalue weighted by molar-refractivity contribution is 5.84. The summed E-state index contributed by atoms with van der Waals surface area (Å²) in [4.78, 5) is 12.9. The number of aryl methyl sites for hydroxylation is 2. The summed E-state index contributed by atoms with van der Waals surface area (Å²) >= 11 is 0. The lowest BCUT2D eigenvalue weighted by molar-refractivity contribution is -0.188. The Morgan fingerprint density at radius 1 is 1.12 bits per heavy atom. The molecule has 0 spiro atoms. The maximum Gasteiger partial charge on any atom is 0.425 e. The summed E-state index contributed by atoms with van der Waals surface area (Å²) in [5.74, 6) is 1.51. The van der Waals surface area contributed by atoms with Crippen molar-refractivity contribution in [1.29, 1.82) is 0 Å². The number of methoxy groups -OCH3 is 1. The molecule has 32 heavy (non-hydrogen) atoms. The average molecular weight is 448 g/mol. The van der Waals surface area contributed by atoms with Crippen LogP contribution in [0.1, 0.15) is 6.92 Å². The molecular weight excluding hydrogens is 429 g/mol. The zero-order valence-electron chi connectivity index (χ0n) is 17.5. The predicted molar refractivity (Wildman–Crippen MR) is 109 cm³/mol. The summed E-state index contributed by atoms with van der Waals surface area (Å²) in [7, 11) is 4.83. The fraction of sp³-hybridized carbons (Fsp3) is 0.316. The van der Waals surface area contributed by atoms with Crippen LogP contribution in [0.4, 0.5) is 24.8 Å².